The first kappa shape index (κ1) is 28.3. The molecular weight excluding hydrogens is 554 g/mol. The van der Waals surface area contributed by atoms with E-state index in [1.165, 1.54) is 29.2 Å². The number of thioether (sulfide) groups is 1. The largest absolute Gasteiger partial charge is 0.497 e. The first-order valence-electron chi connectivity index (χ1n) is 11.7. The van der Waals surface area contributed by atoms with E-state index in [4.69, 9.17) is 9.84 Å². The lowest BCUT2D eigenvalue weighted by molar-refractivity contribution is -0.115. The zero-order valence-electron chi connectivity index (χ0n) is 21.2. The lowest BCUT2D eigenvalue weighted by Crippen LogP contribution is -2.22. The molecule has 0 aliphatic carbocycles. The van der Waals surface area contributed by atoms with E-state index < -0.39 is 28.7 Å². The zero-order valence-corrected chi connectivity index (χ0v) is 22.8. The molecule has 0 radical (unpaired) electrons. The van der Waals surface area contributed by atoms with Gasteiger partial charge in [0, 0.05) is 21.5 Å². The van der Waals surface area contributed by atoms with Crippen LogP contribution in [0.5, 0.6) is 5.75 Å². The van der Waals surface area contributed by atoms with E-state index in [2.05, 4.69) is 15.6 Å². The number of anilines is 2. The molecule has 1 aromatic heterocycles. The highest BCUT2D eigenvalue weighted by Crippen LogP contribution is 2.29. The minimum Gasteiger partial charge on any atom is -0.497 e. The van der Waals surface area contributed by atoms with Crippen LogP contribution in [0.15, 0.2) is 77.0 Å². The molecule has 204 valence electrons. The third-order valence-electron chi connectivity index (χ3n) is 5.64. The number of carboxylic acids is 2. The predicted molar refractivity (Wildman–Crippen MR) is 153 cm³/mol. The van der Waals surface area contributed by atoms with Crippen molar-refractivity contribution in [3.63, 3.8) is 0 Å². The molecule has 3 aromatic carbocycles. The Labute approximate surface area is 237 Å². The molecule has 0 fully saturated rings. The number of thiazole rings is 1. The van der Waals surface area contributed by atoms with Crippen molar-refractivity contribution >= 4 is 57.7 Å². The summed E-state index contributed by atoms with van der Waals surface area (Å²) >= 11 is 2.64. The summed E-state index contributed by atoms with van der Waals surface area (Å²) in [6.07, 6.45) is 0. The van der Waals surface area contributed by atoms with Crippen LogP contribution in [0.2, 0.25) is 0 Å². The van der Waals surface area contributed by atoms with Crippen molar-refractivity contribution in [3.05, 3.63) is 88.8 Å². The molecule has 40 heavy (non-hydrogen) atoms. The third kappa shape index (κ3) is 6.84. The fraction of sp³-hybridized carbons (Fsp3) is 0.107. The summed E-state index contributed by atoms with van der Waals surface area (Å²) in [4.78, 5) is 53.4. The lowest BCUT2D eigenvalue weighted by atomic mass is 10.0. The molecule has 0 spiro atoms. The molecule has 0 saturated heterocycles. The fourth-order valence-electron chi connectivity index (χ4n) is 3.58. The topological polar surface area (TPSA) is 155 Å². The van der Waals surface area contributed by atoms with Crippen LogP contribution >= 0.6 is 23.1 Å². The van der Waals surface area contributed by atoms with Gasteiger partial charge in [0.2, 0.25) is 5.91 Å². The average molecular weight is 578 g/mol. The van der Waals surface area contributed by atoms with Gasteiger partial charge in [-0.05, 0) is 61.5 Å². The fourth-order valence-corrected chi connectivity index (χ4v) is 5.17. The van der Waals surface area contributed by atoms with Crippen LogP contribution in [0.25, 0.3) is 11.3 Å². The molecule has 2 amide bonds. The van der Waals surface area contributed by atoms with Crippen LogP contribution < -0.4 is 15.4 Å². The van der Waals surface area contributed by atoms with Crippen molar-refractivity contribution in [1.82, 2.24) is 4.98 Å². The minimum absolute atomic E-state index is 0.169. The predicted octanol–water partition coefficient (Wildman–Crippen LogP) is 5.59. The molecule has 12 heteroatoms. The van der Waals surface area contributed by atoms with Crippen LogP contribution in [-0.4, -0.2) is 51.3 Å². The van der Waals surface area contributed by atoms with Crippen LogP contribution in [0.4, 0.5) is 10.8 Å². The SMILES string of the molecule is COc1cccc(-c2csc(NC(=O)C(C)Sc3ccc(NC(=O)c4ccc(C(=O)O)cc4C(=O)O)cc3)n2)c1. The Balaban J connectivity index is 1.35. The summed E-state index contributed by atoms with van der Waals surface area (Å²) in [7, 11) is 1.59. The minimum atomic E-state index is -1.42. The van der Waals surface area contributed by atoms with Crippen molar-refractivity contribution < 1.29 is 34.1 Å². The Morgan fingerprint density at radius 1 is 0.925 bits per heavy atom. The summed E-state index contributed by atoms with van der Waals surface area (Å²) in [6, 6.07) is 17.4. The maximum atomic E-state index is 12.8. The van der Waals surface area contributed by atoms with Gasteiger partial charge in [-0.1, -0.05) is 12.1 Å². The average Bonchev–Trinajstić information content (AvgIpc) is 3.42. The van der Waals surface area contributed by atoms with Gasteiger partial charge >= 0.3 is 11.9 Å². The third-order valence-corrected chi connectivity index (χ3v) is 7.51. The molecule has 1 unspecified atom stereocenters. The zero-order chi connectivity index (χ0) is 28.8. The first-order valence-corrected chi connectivity index (χ1v) is 13.5. The summed E-state index contributed by atoms with van der Waals surface area (Å²) < 4.78 is 5.25. The Hall–Kier alpha value is -4.68. The van der Waals surface area contributed by atoms with Crippen LogP contribution in [-0.2, 0) is 4.79 Å². The van der Waals surface area contributed by atoms with Crippen molar-refractivity contribution in [1.29, 1.82) is 0 Å². The van der Waals surface area contributed by atoms with E-state index in [0.717, 1.165) is 28.3 Å². The second-order valence-electron chi connectivity index (χ2n) is 8.37. The van der Waals surface area contributed by atoms with Gasteiger partial charge < -0.3 is 25.6 Å². The van der Waals surface area contributed by atoms with E-state index in [9.17, 15) is 24.3 Å². The second-order valence-corrected chi connectivity index (χ2v) is 10.6. The Kier molecular flexibility index (Phi) is 8.82. The van der Waals surface area contributed by atoms with Gasteiger partial charge in [-0.15, -0.1) is 23.1 Å². The molecule has 0 aliphatic heterocycles. The Morgan fingerprint density at radius 3 is 2.35 bits per heavy atom. The van der Waals surface area contributed by atoms with Gasteiger partial charge in [-0.2, -0.15) is 0 Å². The molecule has 4 aromatic rings. The number of ether oxygens (including phenoxy) is 1. The summed E-state index contributed by atoms with van der Waals surface area (Å²) in [5, 5.41) is 25.8. The second kappa shape index (κ2) is 12.5. The van der Waals surface area contributed by atoms with E-state index in [1.54, 1.807) is 38.3 Å². The van der Waals surface area contributed by atoms with Crippen LogP contribution in [0, 0.1) is 0 Å². The molecule has 0 bridgehead atoms. The Bertz CT molecular complexity index is 1590. The van der Waals surface area contributed by atoms with Gasteiger partial charge in [-0.3, -0.25) is 9.59 Å². The van der Waals surface area contributed by atoms with Crippen molar-refractivity contribution in [3.8, 4) is 17.0 Å². The summed E-state index contributed by atoms with van der Waals surface area (Å²) in [5.41, 5.74) is 1.18. The van der Waals surface area contributed by atoms with Gasteiger partial charge in [0.1, 0.15) is 5.75 Å². The molecular formula is C28H23N3O7S2. The smallest absolute Gasteiger partial charge is 0.336 e. The monoisotopic (exact) mass is 577 g/mol. The maximum absolute atomic E-state index is 12.8. The number of aromatic carboxylic acids is 2. The summed E-state index contributed by atoms with van der Waals surface area (Å²) in [6.45, 7) is 1.76. The number of benzene rings is 3. The summed E-state index contributed by atoms with van der Waals surface area (Å²) in [5.74, 6) is -2.91. The number of methoxy groups -OCH3 is 1. The molecule has 4 rings (SSSR count). The van der Waals surface area contributed by atoms with Gasteiger partial charge in [0.25, 0.3) is 5.91 Å². The number of hydrogen-bond acceptors (Lipinski definition) is 8. The number of hydrogen-bond donors (Lipinski definition) is 4. The number of carbonyl (C=O) groups is 4. The van der Waals surface area contributed by atoms with Crippen LogP contribution in [0.3, 0.4) is 0 Å². The number of carbonyl (C=O) groups excluding carboxylic acids is 2. The number of amides is 2. The standard InChI is InChI=1S/C28H23N3O7S2/c1-15(24(32)31-28-30-23(14-39-28)16-4-3-5-19(12-16)38-2)40-20-9-7-18(8-10-20)29-25(33)21-11-6-17(26(34)35)13-22(21)27(36)37/h3-15H,1-2H3,(H,29,33)(H,34,35)(H,36,37)(H,30,31,32). The quantitative estimate of drug-likeness (QED) is 0.177. The molecule has 0 aliphatic rings. The number of nitrogens with one attached hydrogen (secondary N) is 2. The lowest BCUT2D eigenvalue weighted by Gasteiger charge is -2.12. The van der Waals surface area contributed by atoms with Crippen molar-refractivity contribution in [2.75, 3.05) is 17.7 Å². The maximum Gasteiger partial charge on any atom is 0.336 e. The highest BCUT2D eigenvalue weighted by molar-refractivity contribution is 8.00. The molecule has 0 saturated carbocycles. The molecule has 1 atom stereocenters. The Morgan fingerprint density at radius 2 is 1.68 bits per heavy atom. The first-order chi connectivity index (χ1) is 19.1. The van der Waals surface area contributed by atoms with E-state index >= 15 is 0 Å². The number of rotatable bonds is 10. The molecule has 1 heterocycles. The van der Waals surface area contributed by atoms with Gasteiger partial charge in [0.15, 0.2) is 5.13 Å². The molecule has 10 nitrogen and oxygen atoms in total. The highest BCUT2D eigenvalue weighted by Gasteiger charge is 2.20. The number of nitrogens with zero attached hydrogens (tertiary/aromatic N) is 1. The van der Waals surface area contributed by atoms with Gasteiger partial charge in [-0.25, -0.2) is 14.6 Å². The van der Waals surface area contributed by atoms with Crippen LogP contribution in [0.1, 0.15) is 38.0 Å². The highest BCUT2D eigenvalue weighted by atomic mass is 32.2. The van der Waals surface area contributed by atoms with Crippen molar-refractivity contribution in [2.45, 2.75) is 17.1 Å². The number of aromatic nitrogens is 1. The van der Waals surface area contributed by atoms with Gasteiger partial charge in [0.05, 0.1) is 34.7 Å². The number of carboxylic acid groups (broad SMARTS) is 2. The normalized spacial score (nSPS) is 11.3. The van der Waals surface area contributed by atoms with Crippen molar-refractivity contribution in [2.24, 2.45) is 0 Å². The van der Waals surface area contributed by atoms with E-state index in [0.29, 0.717) is 16.6 Å². The molecule has 4 N–H and O–H groups in total. The van der Waals surface area contributed by atoms with E-state index in [-0.39, 0.29) is 17.0 Å². The van der Waals surface area contributed by atoms with E-state index in [1.807, 2.05) is 29.6 Å².